The third kappa shape index (κ3) is 5.87. The van der Waals surface area contributed by atoms with Crippen LogP contribution in [-0.4, -0.2) is 52.9 Å². The van der Waals surface area contributed by atoms with Gasteiger partial charge in [0.05, 0.1) is 17.2 Å². The topological polar surface area (TPSA) is 118 Å². The summed E-state index contributed by atoms with van der Waals surface area (Å²) in [7, 11) is 1.61. The lowest BCUT2D eigenvalue weighted by molar-refractivity contribution is -0.114. The Hall–Kier alpha value is -2.89. The summed E-state index contributed by atoms with van der Waals surface area (Å²) in [6.07, 6.45) is 2.21. The van der Waals surface area contributed by atoms with Gasteiger partial charge in [-0.2, -0.15) is 4.98 Å². The molecule has 3 N–H and O–H groups in total. The SMILES string of the molecule is CCOC(O)=C1SC(c2cnc(Nc3ccc(F)c(Cl)c3)nc2NCCCOC)=NC1=O. The van der Waals surface area contributed by atoms with Gasteiger partial charge in [-0.3, -0.25) is 4.79 Å². The van der Waals surface area contributed by atoms with Crippen molar-refractivity contribution in [1.29, 1.82) is 0 Å². The fourth-order valence-electron chi connectivity index (χ4n) is 2.62. The van der Waals surface area contributed by atoms with E-state index in [-0.39, 0.29) is 22.5 Å². The number of halogens is 2. The Bertz CT molecular complexity index is 1070. The minimum absolute atomic E-state index is 0.00432. The van der Waals surface area contributed by atoms with Crippen LogP contribution in [0.3, 0.4) is 0 Å². The van der Waals surface area contributed by atoms with Gasteiger partial charge in [-0.15, -0.1) is 0 Å². The lowest BCUT2D eigenvalue weighted by atomic mass is 10.3. The summed E-state index contributed by atoms with van der Waals surface area (Å²) in [5.41, 5.74) is 0.979. The van der Waals surface area contributed by atoms with Gasteiger partial charge in [-0.1, -0.05) is 23.4 Å². The molecule has 2 aromatic rings. The summed E-state index contributed by atoms with van der Waals surface area (Å²) < 4.78 is 23.5. The van der Waals surface area contributed by atoms with E-state index in [1.807, 2.05) is 0 Å². The van der Waals surface area contributed by atoms with Crippen molar-refractivity contribution in [2.75, 3.05) is 37.5 Å². The lowest BCUT2D eigenvalue weighted by Crippen LogP contribution is -2.12. The average molecular weight is 482 g/mol. The van der Waals surface area contributed by atoms with Crippen LogP contribution in [0.1, 0.15) is 18.9 Å². The maximum Gasteiger partial charge on any atom is 0.297 e. The van der Waals surface area contributed by atoms with Gasteiger partial charge in [0.15, 0.2) is 4.91 Å². The molecular weight excluding hydrogens is 461 g/mol. The molecule has 0 saturated carbocycles. The maximum absolute atomic E-state index is 13.4. The highest BCUT2D eigenvalue weighted by molar-refractivity contribution is 8.19. The van der Waals surface area contributed by atoms with E-state index in [4.69, 9.17) is 21.1 Å². The van der Waals surface area contributed by atoms with Gasteiger partial charge in [-0.05, 0) is 31.5 Å². The van der Waals surface area contributed by atoms with Gasteiger partial charge >= 0.3 is 0 Å². The number of nitrogens with zero attached hydrogens (tertiary/aromatic N) is 3. The van der Waals surface area contributed by atoms with Crippen LogP contribution < -0.4 is 10.6 Å². The Morgan fingerprint density at radius 3 is 2.91 bits per heavy atom. The van der Waals surface area contributed by atoms with Crippen molar-refractivity contribution in [2.24, 2.45) is 4.99 Å². The standard InChI is InChI=1S/C20H21ClFN5O4S/c1-3-31-19(29)15-17(28)27-18(32-15)12-10-24-20(26-16(12)23-7-4-8-30-2)25-11-5-6-14(22)13(21)9-11/h5-6,9-10,29H,3-4,7-8H2,1-2H3,(H2,23,24,25,26). The summed E-state index contributed by atoms with van der Waals surface area (Å²) in [6, 6.07) is 4.16. The first-order valence-corrected chi connectivity index (χ1v) is 10.8. The van der Waals surface area contributed by atoms with Crippen molar-refractivity contribution < 1.29 is 23.8 Å². The highest BCUT2D eigenvalue weighted by atomic mass is 35.5. The molecule has 32 heavy (non-hydrogen) atoms. The molecular formula is C20H21ClFN5O4S. The number of methoxy groups -OCH3 is 1. The molecule has 0 atom stereocenters. The number of ether oxygens (including phenoxy) is 2. The number of aromatic nitrogens is 2. The Morgan fingerprint density at radius 1 is 1.38 bits per heavy atom. The van der Waals surface area contributed by atoms with Crippen molar-refractivity contribution in [3.63, 3.8) is 0 Å². The van der Waals surface area contributed by atoms with Gasteiger partial charge in [0, 0.05) is 32.1 Å². The monoisotopic (exact) mass is 481 g/mol. The van der Waals surface area contributed by atoms with Crippen LogP contribution in [0.4, 0.5) is 21.8 Å². The lowest BCUT2D eigenvalue weighted by Gasteiger charge is -2.13. The number of hydrogen-bond donors (Lipinski definition) is 3. The van der Waals surface area contributed by atoms with Gasteiger partial charge < -0.3 is 25.2 Å². The minimum Gasteiger partial charge on any atom is -0.480 e. The first kappa shape index (κ1) is 23.8. The van der Waals surface area contributed by atoms with Crippen molar-refractivity contribution in [3.8, 4) is 0 Å². The second kappa shape index (κ2) is 11.1. The third-order valence-electron chi connectivity index (χ3n) is 4.08. The number of aliphatic imine (C=N–C) groups is 1. The number of benzene rings is 1. The number of hydrogen-bond acceptors (Lipinski definition) is 9. The van der Waals surface area contributed by atoms with Crippen molar-refractivity contribution >= 4 is 51.8 Å². The van der Waals surface area contributed by atoms with Crippen LogP contribution >= 0.6 is 23.4 Å². The predicted octanol–water partition coefficient (Wildman–Crippen LogP) is 4.24. The molecule has 1 amide bonds. The number of aliphatic hydroxyl groups is 1. The third-order valence-corrected chi connectivity index (χ3v) is 5.43. The molecule has 1 aromatic heterocycles. The first-order chi connectivity index (χ1) is 15.4. The van der Waals surface area contributed by atoms with E-state index in [9.17, 15) is 14.3 Å². The fourth-order valence-corrected chi connectivity index (χ4v) is 3.66. The summed E-state index contributed by atoms with van der Waals surface area (Å²) >= 11 is 6.80. The molecule has 0 bridgehead atoms. The number of carbonyl (C=O) groups excluding carboxylic acids is 1. The molecule has 170 valence electrons. The predicted molar refractivity (Wildman–Crippen MR) is 122 cm³/mol. The first-order valence-electron chi connectivity index (χ1n) is 9.62. The van der Waals surface area contributed by atoms with Crippen molar-refractivity contribution in [3.05, 3.63) is 51.6 Å². The Kier molecular flexibility index (Phi) is 8.26. The highest BCUT2D eigenvalue weighted by Gasteiger charge is 2.30. The molecule has 0 aliphatic carbocycles. The zero-order chi connectivity index (χ0) is 23.1. The molecule has 0 saturated heterocycles. The molecule has 1 aromatic carbocycles. The second-order valence-corrected chi connectivity index (χ2v) is 7.78. The molecule has 1 aliphatic rings. The van der Waals surface area contributed by atoms with Crippen LogP contribution in [-0.2, 0) is 14.3 Å². The van der Waals surface area contributed by atoms with Crippen LogP contribution in [0.2, 0.25) is 5.02 Å². The Labute approximate surface area is 193 Å². The van der Waals surface area contributed by atoms with Crippen LogP contribution in [0.5, 0.6) is 0 Å². The Morgan fingerprint density at radius 2 is 2.19 bits per heavy atom. The Balaban J connectivity index is 1.88. The maximum atomic E-state index is 13.4. The van der Waals surface area contributed by atoms with E-state index >= 15 is 0 Å². The van der Waals surface area contributed by atoms with Gasteiger partial charge in [-0.25, -0.2) is 14.4 Å². The second-order valence-electron chi connectivity index (χ2n) is 6.37. The number of anilines is 3. The minimum atomic E-state index is -0.607. The van der Waals surface area contributed by atoms with Crippen LogP contribution in [0, 0.1) is 5.82 Å². The molecule has 0 fully saturated rings. The fraction of sp³-hybridized carbons (Fsp3) is 0.300. The smallest absolute Gasteiger partial charge is 0.297 e. The van der Waals surface area contributed by atoms with Crippen LogP contribution in [0.15, 0.2) is 40.2 Å². The van der Waals surface area contributed by atoms with E-state index < -0.39 is 17.7 Å². The van der Waals surface area contributed by atoms with Gasteiger partial charge in [0.1, 0.15) is 16.7 Å². The molecule has 9 nitrogen and oxygen atoms in total. The number of rotatable bonds is 10. The average Bonchev–Trinajstić information content (AvgIpc) is 3.16. The molecule has 0 spiro atoms. The van der Waals surface area contributed by atoms with Crippen LogP contribution in [0.25, 0.3) is 0 Å². The summed E-state index contributed by atoms with van der Waals surface area (Å²) in [5, 5.41) is 16.4. The zero-order valence-electron chi connectivity index (χ0n) is 17.3. The van der Waals surface area contributed by atoms with E-state index in [1.54, 1.807) is 14.0 Å². The molecule has 0 radical (unpaired) electrons. The molecule has 2 heterocycles. The summed E-state index contributed by atoms with van der Waals surface area (Å²) in [5.74, 6) is -0.960. The molecule has 0 unspecified atom stereocenters. The summed E-state index contributed by atoms with van der Waals surface area (Å²) in [6.45, 7) is 2.99. The largest absolute Gasteiger partial charge is 0.480 e. The van der Waals surface area contributed by atoms with E-state index in [0.29, 0.717) is 41.7 Å². The number of nitrogens with one attached hydrogen (secondary N) is 2. The number of thioether (sulfide) groups is 1. The summed E-state index contributed by atoms with van der Waals surface area (Å²) in [4.78, 5) is 24.9. The van der Waals surface area contributed by atoms with E-state index in [2.05, 4.69) is 25.6 Å². The molecule has 3 rings (SSSR count). The van der Waals surface area contributed by atoms with Crippen molar-refractivity contribution in [2.45, 2.75) is 13.3 Å². The number of aliphatic hydroxyl groups excluding tert-OH is 1. The van der Waals surface area contributed by atoms with Crippen molar-refractivity contribution in [1.82, 2.24) is 9.97 Å². The number of carbonyl (C=O) groups is 1. The van der Waals surface area contributed by atoms with Gasteiger partial charge in [0.2, 0.25) is 5.95 Å². The number of amides is 1. The van der Waals surface area contributed by atoms with Gasteiger partial charge in [0.25, 0.3) is 11.9 Å². The van der Waals surface area contributed by atoms with E-state index in [1.165, 1.54) is 24.4 Å². The molecule has 12 heteroatoms. The molecule has 1 aliphatic heterocycles. The van der Waals surface area contributed by atoms with E-state index in [0.717, 1.165) is 11.8 Å². The zero-order valence-corrected chi connectivity index (χ0v) is 18.9. The quantitative estimate of drug-likeness (QED) is 0.260. The normalized spacial score (nSPS) is 14.9. The highest BCUT2D eigenvalue weighted by Crippen LogP contribution is 2.34.